The Morgan fingerprint density at radius 3 is 2.52 bits per heavy atom. The molecule has 2 rings (SSSR count). The molecule has 0 aromatic heterocycles. The molecule has 1 N–H and O–H groups in total. The largest absolute Gasteiger partial charge is 0.326 e. The van der Waals surface area contributed by atoms with Crippen LogP contribution in [0.3, 0.4) is 0 Å². The van der Waals surface area contributed by atoms with Crippen molar-refractivity contribution in [3.63, 3.8) is 0 Å². The van der Waals surface area contributed by atoms with Crippen LogP contribution >= 0.6 is 0 Å². The molecule has 0 aliphatic heterocycles. The van der Waals surface area contributed by atoms with Crippen LogP contribution in [0.5, 0.6) is 0 Å². The molecule has 0 bridgehead atoms. The van der Waals surface area contributed by atoms with Gasteiger partial charge in [0.05, 0.1) is 6.26 Å². The molecule has 6 heteroatoms. The van der Waals surface area contributed by atoms with Crippen LogP contribution in [-0.4, -0.2) is 37.5 Å². The monoisotopic (exact) mass is 338 g/mol. The number of nitrogens with zero attached hydrogens (tertiary/aromatic N) is 1. The molecule has 1 aliphatic rings. The van der Waals surface area contributed by atoms with Crippen molar-refractivity contribution >= 4 is 21.6 Å². The Labute approximate surface area is 139 Å². The van der Waals surface area contributed by atoms with E-state index in [1.54, 1.807) is 0 Å². The number of hydrogen-bond donors (Lipinski definition) is 1. The number of rotatable bonds is 7. The summed E-state index contributed by atoms with van der Waals surface area (Å²) >= 11 is 0. The summed E-state index contributed by atoms with van der Waals surface area (Å²) in [7, 11) is -3.28. The maximum absolute atomic E-state index is 12.2. The normalized spacial score (nSPS) is 16.0. The molecule has 0 radical (unpaired) electrons. The molecule has 23 heavy (non-hydrogen) atoms. The van der Waals surface area contributed by atoms with Crippen LogP contribution in [0.2, 0.25) is 0 Å². The Hall–Kier alpha value is -1.40. The summed E-state index contributed by atoms with van der Waals surface area (Å²) in [5, 5.41) is 2.90. The third kappa shape index (κ3) is 5.04. The Morgan fingerprint density at radius 1 is 1.26 bits per heavy atom. The maximum atomic E-state index is 12.2. The van der Waals surface area contributed by atoms with Crippen LogP contribution in [0.4, 0.5) is 5.69 Å². The van der Waals surface area contributed by atoms with E-state index in [-0.39, 0.29) is 24.9 Å². The zero-order valence-corrected chi connectivity index (χ0v) is 14.7. The molecular formula is C17H26N2O3S. The highest BCUT2D eigenvalue weighted by Crippen LogP contribution is 2.25. The summed E-state index contributed by atoms with van der Waals surface area (Å²) in [6.07, 6.45) is 6.17. The lowest BCUT2D eigenvalue weighted by Gasteiger charge is -2.26. The molecule has 1 aromatic rings. The first-order chi connectivity index (χ1) is 10.9. The van der Waals surface area contributed by atoms with Gasteiger partial charge in [0.25, 0.3) is 0 Å². The Morgan fingerprint density at radius 2 is 1.91 bits per heavy atom. The number of sulfonamides is 1. The SMILES string of the molecule is CCc1ccccc1NC(=O)CCN(C1CCCC1)S(C)(=O)=O. The first-order valence-corrected chi connectivity index (χ1v) is 10.1. The molecule has 0 atom stereocenters. The fraction of sp³-hybridized carbons (Fsp3) is 0.588. The van der Waals surface area contributed by atoms with Crippen molar-refractivity contribution in [2.45, 2.75) is 51.5 Å². The first kappa shape index (κ1) is 17.9. The van der Waals surface area contributed by atoms with Crippen molar-refractivity contribution in [1.29, 1.82) is 0 Å². The fourth-order valence-electron chi connectivity index (χ4n) is 3.19. The minimum absolute atomic E-state index is 0.0562. The maximum Gasteiger partial charge on any atom is 0.225 e. The lowest BCUT2D eigenvalue weighted by molar-refractivity contribution is -0.116. The molecular weight excluding hydrogens is 312 g/mol. The quantitative estimate of drug-likeness (QED) is 0.831. The average molecular weight is 338 g/mol. The van der Waals surface area contributed by atoms with Crippen LogP contribution in [-0.2, 0) is 21.2 Å². The topological polar surface area (TPSA) is 66.5 Å². The second-order valence-electron chi connectivity index (χ2n) is 6.12. The summed E-state index contributed by atoms with van der Waals surface area (Å²) in [5.41, 5.74) is 1.89. The molecule has 1 aromatic carbocycles. The second kappa shape index (κ2) is 7.93. The zero-order chi connectivity index (χ0) is 16.9. The Balaban J connectivity index is 1.96. The van der Waals surface area contributed by atoms with E-state index in [9.17, 15) is 13.2 Å². The average Bonchev–Trinajstić information content (AvgIpc) is 3.00. The van der Waals surface area contributed by atoms with Gasteiger partial charge in [0.1, 0.15) is 0 Å². The first-order valence-electron chi connectivity index (χ1n) is 8.26. The van der Waals surface area contributed by atoms with E-state index in [0.717, 1.165) is 43.4 Å². The predicted molar refractivity (Wildman–Crippen MR) is 92.9 cm³/mol. The van der Waals surface area contributed by atoms with Crippen molar-refractivity contribution in [1.82, 2.24) is 4.31 Å². The number of aryl methyl sites for hydroxylation is 1. The third-order valence-electron chi connectivity index (χ3n) is 4.39. The molecule has 0 heterocycles. The van der Waals surface area contributed by atoms with Crippen LogP contribution < -0.4 is 5.32 Å². The molecule has 0 saturated heterocycles. The number of carbonyl (C=O) groups is 1. The van der Waals surface area contributed by atoms with Crippen LogP contribution in [0.15, 0.2) is 24.3 Å². The highest BCUT2D eigenvalue weighted by molar-refractivity contribution is 7.88. The van der Waals surface area contributed by atoms with E-state index in [0.29, 0.717) is 0 Å². The highest BCUT2D eigenvalue weighted by atomic mass is 32.2. The lowest BCUT2D eigenvalue weighted by atomic mass is 10.1. The molecule has 1 amide bonds. The standard InChI is InChI=1S/C17H26N2O3S/c1-3-14-8-4-7-11-16(14)18-17(20)12-13-19(23(2,21)22)15-9-5-6-10-15/h4,7-8,11,15H,3,5-6,9-10,12-13H2,1-2H3,(H,18,20). The molecule has 0 unspecified atom stereocenters. The van der Waals surface area contributed by atoms with Gasteiger partial charge >= 0.3 is 0 Å². The Kier molecular flexibility index (Phi) is 6.18. The summed E-state index contributed by atoms with van der Waals surface area (Å²) in [6, 6.07) is 7.75. The number of carbonyl (C=O) groups excluding carboxylic acids is 1. The van der Waals surface area contributed by atoms with Gasteiger partial charge in [-0.05, 0) is 30.9 Å². The van der Waals surface area contributed by atoms with Crippen LogP contribution in [0, 0.1) is 0 Å². The molecule has 5 nitrogen and oxygen atoms in total. The molecule has 1 fully saturated rings. The summed E-state index contributed by atoms with van der Waals surface area (Å²) in [5.74, 6) is -0.141. The third-order valence-corrected chi connectivity index (χ3v) is 5.72. The lowest BCUT2D eigenvalue weighted by Crippen LogP contribution is -2.39. The van der Waals surface area contributed by atoms with Gasteiger partial charge < -0.3 is 5.32 Å². The van der Waals surface area contributed by atoms with Crippen molar-refractivity contribution in [2.24, 2.45) is 0 Å². The number of amides is 1. The van der Waals surface area contributed by atoms with E-state index < -0.39 is 10.0 Å². The van der Waals surface area contributed by atoms with Crippen molar-refractivity contribution in [3.05, 3.63) is 29.8 Å². The Bertz CT molecular complexity index is 637. The van der Waals surface area contributed by atoms with E-state index in [1.807, 2.05) is 31.2 Å². The van der Waals surface area contributed by atoms with Gasteiger partial charge in [0.15, 0.2) is 0 Å². The predicted octanol–water partition coefficient (Wildman–Crippen LogP) is 2.78. The van der Waals surface area contributed by atoms with Crippen LogP contribution in [0.25, 0.3) is 0 Å². The van der Waals surface area contributed by atoms with Gasteiger partial charge in [-0.2, -0.15) is 4.31 Å². The van der Waals surface area contributed by atoms with Gasteiger partial charge in [-0.1, -0.05) is 38.0 Å². The van der Waals surface area contributed by atoms with E-state index in [2.05, 4.69) is 5.32 Å². The van der Waals surface area contributed by atoms with E-state index in [1.165, 1.54) is 10.6 Å². The van der Waals surface area contributed by atoms with Gasteiger partial charge in [-0.3, -0.25) is 4.79 Å². The number of benzene rings is 1. The summed E-state index contributed by atoms with van der Waals surface area (Å²) < 4.78 is 25.5. The van der Waals surface area contributed by atoms with Gasteiger partial charge in [0, 0.05) is 24.7 Å². The van der Waals surface area contributed by atoms with E-state index >= 15 is 0 Å². The van der Waals surface area contributed by atoms with Crippen molar-refractivity contribution < 1.29 is 13.2 Å². The molecule has 128 valence electrons. The summed E-state index contributed by atoms with van der Waals surface area (Å²) in [6.45, 7) is 2.29. The molecule has 0 spiro atoms. The van der Waals surface area contributed by atoms with Gasteiger partial charge in [-0.25, -0.2) is 8.42 Å². The highest BCUT2D eigenvalue weighted by Gasteiger charge is 2.29. The zero-order valence-electron chi connectivity index (χ0n) is 13.9. The summed E-state index contributed by atoms with van der Waals surface area (Å²) in [4.78, 5) is 12.2. The van der Waals surface area contributed by atoms with Crippen LogP contribution in [0.1, 0.15) is 44.6 Å². The van der Waals surface area contributed by atoms with Gasteiger partial charge in [-0.15, -0.1) is 0 Å². The number of nitrogens with one attached hydrogen (secondary N) is 1. The molecule has 1 saturated carbocycles. The molecule has 1 aliphatic carbocycles. The number of para-hydroxylation sites is 1. The second-order valence-corrected chi connectivity index (χ2v) is 8.06. The van der Waals surface area contributed by atoms with E-state index in [4.69, 9.17) is 0 Å². The minimum atomic E-state index is -3.28. The smallest absolute Gasteiger partial charge is 0.225 e. The fourth-order valence-corrected chi connectivity index (χ4v) is 4.36. The van der Waals surface area contributed by atoms with Crippen molar-refractivity contribution in [3.8, 4) is 0 Å². The van der Waals surface area contributed by atoms with Crippen molar-refractivity contribution in [2.75, 3.05) is 18.1 Å². The number of anilines is 1. The van der Waals surface area contributed by atoms with Gasteiger partial charge in [0.2, 0.25) is 15.9 Å². The minimum Gasteiger partial charge on any atom is -0.326 e. The number of hydrogen-bond acceptors (Lipinski definition) is 3.